The Morgan fingerprint density at radius 1 is 1.41 bits per heavy atom. The van der Waals surface area contributed by atoms with Gasteiger partial charge in [0.2, 0.25) is 0 Å². The summed E-state index contributed by atoms with van der Waals surface area (Å²) in [6, 6.07) is 6.15. The van der Waals surface area contributed by atoms with Crippen LogP contribution in [0.15, 0.2) is 22.7 Å². The Morgan fingerprint density at radius 3 is 2.88 bits per heavy atom. The number of likely N-dealkylation sites (N-methyl/N-ethyl adjacent to an activating group) is 1. The maximum atomic E-state index is 9.85. The van der Waals surface area contributed by atoms with E-state index in [4.69, 9.17) is 0 Å². The Bertz CT molecular complexity index is 397. The molecule has 4 heteroatoms. The van der Waals surface area contributed by atoms with Crippen LogP contribution in [0.1, 0.15) is 12.5 Å². The zero-order valence-corrected chi connectivity index (χ0v) is 11.9. The molecule has 94 valence electrons. The molecule has 0 bridgehead atoms. The zero-order valence-electron chi connectivity index (χ0n) is 10.4. The second kappa shape index (κ2) is 5.38. The summed E-state index contributed by atoms with van der Waals surface area (Å²) in [5, 5.41) is 9.85. The first-order valence-corrected chi connectivity index (χ1v) is 6.75. The Labute approximate surface area is 111 Å². The molecule has 17 heavy (non-hydrogen) atoms. The smallest absolute Gasteiger partial charge is 0.120 e. The second-order valence-corrected chi connectivity index (χ2v) is 5.77. The predicted molar refractivity (Wildman–Crippen MR) is 73.2 cm³/mol. The van der Waals surface area contributed by atoms with Gasteiger partial charge in [-0.1, -0.05) is 15.9 Å². The molecule has 1 atom stereocenters. The fourth-order valence-corrected chi connectivity index (χ4v) is 2.72. The molecule has 1 aliphatic heterocycles. The van der Waals surface area contributed by atoms with Crippen molar-refractivity contribution in [3.63, 3.8) is 0 Å². The van der Waals surface area contributed by atoms with Crippen LogP contribution in [0.4, 0.5) is 0 Å². The van der Waals surface area contributed by atoms with Gasteiger partial charge in [-0.2, -0.15) is 0 Å². The first-order valence-electron chi connectivity index (χ1n) is 5.96. The Morgan fingerprint density at radius 2 is 2.18 bits per heavy atom. The van der Waals surface area contributed by atoms with E-state index in [1.54, 1.807) is 6.07 Å². The lowest BCUT2D eigenvalue weighted by atomic mass is 10.1. The summed E-state index contributed by atoms with van der Waals surface area (Å²) in [5.74, 6) is 0.388. The van der Waals surface area contributed by atoms with E-state index in [2.05, 4.69) is 39.7 Å². The van der Waals surface area contributed by atoms with Crippen LogP contribution < -0.4 is 0 Å². The molecule has 0 aliphatic carbocycles. The van der Waals surface area contributed by atoms with Gasteiger partial charge in [0.25, 0.3) is 0 Å². The van der Waals surface area contributed by atoms with E-state index in [1.165, 1.54) is 0 Å². The SMILES string of the molecule is CC1CN(C)CCN1Cc1cc(Br)ccc1O. The highest BCUT2D eigenvalue weighted by atomic mass is 79.9. The van der Waals surface area contributed by atoms with E-state index in [1.807, 2.05) is 12.1 Å². The Kier molecular flexibility index (Phi) is 4.07. The quantitative estimate of drug-likeness (QED) is 0.907. The molecule has 1 fully saturated rings. The highest BCUT2D eigenvalue weighted by Crippen LogP contribution is 2.24. The van der Waals surface area contributed by atoms with Crippen molar-refractivity contribution in [3.8, 4) is 5.75 Å². The molecular weight excluding hydrogens is 280 g/mol. The minimum Gasteiger partial charge on any atom is -0.508 e. The third-order valence-corrected chi connectivity index (χ3v) is 3.88. The molecule has 1 saturated heterocycles. The highest BCUT2D eigenvalue weighted by molar-refractivity contribution is 9.10. The van der Waals surface area contributed by atoms with Crippen LogP contribution in [0.25, 0.3) is 0 Å². The van der Waals surface area contributed by atoms with Crippen LogP contribution in [0.2, 0.25) is 0 Å². The van der Waals surface area contributed by atoms with Crippen LogP contribution in [0.5, 0.6) is 5.75 Å². The zero-order chi connectivity index (χ0) is 12.4. The number of hydrogen-bond donors (Lipinski definition) is 1. The molecule has 1 aromatic rings. The summed E-state index contributed by atoms with van der Waals surface area (Å²) in [7, 11) is 2.16. The maximum absolute atomic E-state index is 9.85. The summed E-state index contributed by atoms with van der Waals surface area (Å²) in [6.07, 6.45) is 0. The predicted octanol–water partition coefficient (Wildman–Crippen LogP) is 2.29. The standard InChI is InChI=1S/C13H19BrN2O/c1-10-8-15(2)5-6-16(10)9-11-7-12(14)3-4-13(11)17/h3-4,7,10,17H,5-6,8-9H2,1-2H3. The van der Waals surface area contributed by atoms with E-state index < -0.39 is 0 Å². The van der Waals surface area contributed by atoms with Crippen LogP contribution in [0, 0.1) is 0 Å². The number of phenolic OH excluding ortho intramolecular Hbond substituents is 1. The number of halogens is 1. The molecule has 0 radical (unpaired) electrons. The molecule has 1 aliphatic rings. The number of rotatable bonds is 2. The minimum atomic E-state index is 0.388. The van der Waals surface area contributed by atoms with Crippen LogP contribution in [-0.4, -0.2) is 47.6 Å². The Hall–Kier alpha value is -0.580. The molecule has 1 N–H and O–H groups in total. The van der Waals surface area contributed by atoms with Gasteiger partial charge in [0.05, 0.1) is 0 Å². The molecule has 0 aromatic heterocycles. The van der Waals surface area contributed by atoms with Crippen molar-refractivity contribution in [2.45, 2.75) is 19.5 Å². The topological polar surface area (TPSA) is 26.7 Å². The van der Waals surface area contributed by atoms with Crippen molar-refractivity contribution in [3.05, 3.63) is 28.2 Å². The third kappa shape index (κ3) is 3.21. The van der Waals surface area contributed by atoms with Gasteiger partial charge in [-0.3, -0.25) is 4.90 Å². The molecule has 0 amide bonds. The van der Waals surface area contributed by atoms with Crippen molar-refractivity contribution in [1.29, 1.82) is 0 Å². The van der Waals surface area contributed by atoms with E-state index >= 15 is 0 Å². The average molecular weight is 299 g/mol. The van der Waals surface area contributed by atoms with Gasteiger partial charge in [-0.05, 0) is 32.2 Å². The van der Waals surface area contributed by atoms with Gasteiger partial charge < -0.3 is 10.0 Å². The summed E-state index contributed by atoms with van der Waals surface area (Å²) in [4.78, 5) is 4.77. The van der Waals surface area contributed by atoms with Crippen LogP contribution >= 0.6 is 15.9 Å². The molecule has 0 saturated carbocycles. The van der Waals surface area contributed by atoms with E-state index in [0.29, 0.717) is 11.8 Å². The largest absolute Gasteiger partial charge is 0.508 e. The van der Waals surface area contributed by atoms with E-state index in [0.717, 1.165) is 36.2 Å². The Balaban J connectivity index is 2.07. The van der Waals surface area contributed by atoms with Crippen molar-refractivity contribution in [1.82, 2.24) is 9.80 Å². The monoisotopic (exact) mass is 298 g/mol. The first-order chi connectivity index (χ1) is 8.06. The molecule has 0 spiro atoms. The van der Waals surface area contributed by atoms with Gasteiger partial charge >= 0.3 is 0 Å². The van der Waals surface area contributed by atoms with Crippen LogP contribution in [0.3, 0.4) is 0 Å². The van der Waals surface area contributed by atoms with Gasteiger partial charge in [-0.25, -0.2) is 0 Å². The number of piperazine rings is 1. The van der Waals surface area contributed by atoms with Crippen molar-refractivity contribution >= 4 is 15.9 Å². The number of aromatic hydroxyl groups is 1. The van der Waals surface area contributed by atoms with E-state index in [-0.39, 0.29) is 0 Å². The summed E-state index contributed by atoms with van der Waals surface area (Å²) < 4.78 is 1.02. The lowest BCUT2D eigenvalue weighted by Gasteiger charge is -2.38. The number of nitrogens with zero attached hydrogens (tertiary/aromatic N) is 2. The third-order valence-electron chi connectivity index (χ3n) is 3.38. The highest BCUT2D eigenvalue weighted by Gasteiger charge is 2.22. The van der Waals surface area contributed by atoms with Gasteiger partial charge in [0.15, 0.2) is 0 Å². The maximum Gasteiger partial charge on any atom is 0.120 e. The van der Waals surface area contributed by atoms with Gasteiger partial charge in [0.1, 0.15) is 5.75 Å². The molecular formula is C13H19BrN2O. The normalized spacial score (nSPS) is 22.9. The number of phenols is 1. The van der Waals surface area contributed by atoms with Gasteiger partial charge in [0, 0.05) is 42.3 Å². The summed E-state index contributed by atoms with van der Waals surface area (Å²) in [5.41, 5.74) is 0.996. The molecule has 1 aromatic carbocycles. The number of hydrogen-bond acceptors (Lipinski definition) is 3. The number of benzene rings is 1. The minimum absolute atomic E-state index is 0.388. The molecule has 3 nitrogen and oxygen atoms in total. The average Bonchev–Trinajstić information content (AvgIpc) is 2.27. The molecule has 2 rings (SSSR count). The summed E-state index contributed by atoms with van der Waals surface area (Å²) in [6.45, 7) is 6.31. The van der Waals surface area contributed by atoms with Gasteiger partial charge in [-0.15, -0.1) is 0 Å². The second-order valence-electron chi connectivity index (χ2n) is 4.85. The van der Waals surface area contributed by atoms with Crippen molar-refractivity contribution in [2.24, 2.45) is 0 Å². The molecule has 1 unspecified atom stereocenters. The van der Waals surface area contributed by atoms with Crippen molar-refractivity contribution in [2.75, 3.05) is 26.7 Å². The lowest BCUT2D eigenvalue weighted by Crippen LogP contribution is -2.49. The lowest BCUT2D eigenvalue weighted by molar-refractivity contribution is 0.0931. The fourth-order valence-electron chi connectivity index (χ4n) is 2.31. The van der Waals surface area contributed by atoms with E-state index in [9.17, 15) is 5.11 Å². The summed E-state index contributed by atoms with van der Waals surface area (Å²) >= 11 is 3.45. The van der Waals surface area contributed by atoms with Crippen molar-refractivity contribution < 1.29 is 5.11 Å². The molecule has 1 heterocycles. The fraction of sp³-hybridized carbons (Fsp3) is 0.538. The van der Waals surface area contributed by atoms with Crippen LogP contribution in [-0.2, 0) is 6.54 Å². The first kappa shape index (κ1) is 12.9.